The minimum Gasteiger partial charge on any atom is -0.141 e. The van der Waals surface area contributed by atoms with Gasteiger partial charge < -0.3 is 0 Å². The van der Waals surface area contributed by atoms with Gasteiger partial charge in [0.25, 0.3) is 0 Å². The fourth-order valence-corrected chi connectivity index (χ4v) is 9.48. The number of benzene rings is 7. The van der Waals surface area contributed by atoms with Crippen LogP contribution in [0.4, 0.5) is 0 Å². The zero-order chi connectivity index (χ0) is 27.7. The number of aryl methyl sites for hydroxylation is 2. The van der Waals surface area contributed by atoms with Crippen molar-refractivity contribution in [2.24, 2.45) is 0 Å². The first-order valence-corrected chi connectivity index (χ1v) is 16.1. The maximum absolute atomic E-state index is 2.49. The first-order chi connectivity index (χ1) is 20.6. The van der Waals surface area contributed by atoms with Gasteiger partial charge >= 0.3 is 0 Å². The summed E-state index contributed by atoms with van der Waals surface area (Å²) in [5, 5.41) is 13.4. The lowest BCUT2D eigenvalue weighted by Crippen LogP contribution is -1.92. The van der Waals surface area contributed by atoms with Gasteiger partial charge in [-0.1, -0.05) is 66.7 Å². The van der Waals surface area contributed by atoms with Gasteiger partial charge in [-0.15, -0.1) is 22.7 Å². The average Bonchev–Trinajstić information content (AvgIpc) is 3.73. The molecule has 0 atom stereocenters. The molecule has 0 aliphatic heterocycles. The summed E-state index contributed by atoms with van der Waals surface area (Å²) in [6.07, 6.45) is 0. The van der Waals surface area contributed by atoms with Crippen LogP contribution >= 0.6 is 22.7 Å². The second kappa shape index (κ2) is 8.07. The molecule has 9 aromatic rings. The Morgan fingerprint density at radius 3 is 1.55 bits per heavy atom. The molecular weight excluding hydrogens is 545 g/mol. The van der Waals surface area contributed by atoms with Crippen LogP contribution in [0.5, 0.6) is 0 Å². The van der Waals surface area contributed by atoms with E-state index < -0.39 is 0 Å². The normalized spacial score (nSPS) is 12.5. The molecular formula is C40H24S2. The molecule has 0 saturated carbocycles. The van der Waals surface area contributed by atoms with Crippen molar-refractivity contribution in [1.82, 2.24) is 0 Å². The average molecular weight is 569 g/mol. The van der Waals surface area contributed by atoms with E-state index in [2.05, 4.69) is 123 Å². The topological polar surface area (TPSA) is 0 Å². The second-order valence-electron chi connectivity index (χ2n) is 11.7. The van der Waals surface area contributed by atoms with Gasteiger partial charge in [0, 0.05) is 41.8 Å². The summed E-state index contributed by atoms with van der Waals surface area (Å²) in [7, 11) is 0. The van der Waals surface area contributed by atoms with Crippen molar-refractivity contribution in [1.29, 1.82) is 0 Å². The van der Waals surface area contributed by atoms with E-state index in [4.69, 9.17) is 0 Å². The van der Waals surface area contributed by atoms with Crippen LogP contribution in [0.3, 0.4) is 0 Å². The summed E-state index contributed by atoms with van der Waals surface area (Å²) in [6, 6.07) is 41.6. The molecule has 0 nitrogen and oxygen atoms in total. The zero-order valence-electron chi connectivity index (χ0n) is 23.2. The Morgan fingerprint density at radius 2 is 0.929 bits per heavy atom. The Morgan fingerprint density at radius 1 is 0.381 bits per heavy atom. The van der Waals surface area contributed by atoms with Gasteiger partial charge in [0.05, 0.1) is 0 Å². The van der Waals surface area contributed by atoms with Crippen molar-refractivity contribution in [3.05, 3.63) is 119 Å². The van der Waals surface area contributed by atoms with Crippen LogP contribution in [0.2, 0.25) is 0 Å². The van der Waals surface area contributed by atoms with Crippen LogP contribution in [0.25, 0.3) is 97.0 Å². The lowest BCUT2D eigenvalue weighted by atomic mass is 9.85. The van der Waals surface area contributed by atoms with E-state index in [0.717, 1.165) is 0 Å². The maximum atomic E-state index is 2.49. The zero-order valence-corrected chi connectivity index (χ0v) is 24.8. The third-order valence-electron chi connectivity index (χ3n) is 9.31. The highest BCUT2D eigenvalue weighted by Gasteiger charge is 2.33. The minimum absolute atomic E-state index is 1.29. The van der Waals surface area contributed by atoms with E-state index in [1.54, 1.807) is 0 Å². The standard InChI is InChI=1S/C40H24S2/c1-21-10-16-32(41-21)37-29-18-25-6-3-4-7-26(25)19-30(29)38(33-17-11-22(2)42-33)40-31-20-27-9-5-8-23-12-13-24-14-15-28(39(37)40)36(31)35(24)34(23)27/h3-20H,1-2H3. The molecule has 0 spiro atoms. The molecule has 0 saturated heterocycles. The number of hydrogen-bond donors (Lipinski definition) is 0. The summed E-state index contributed by atoms with van der Waals surface area (Å²) >= 11 is 3.83. The molecule has 2 aromatic heterocycles. The highest BCUT2D eigenvalue weighted by atomic mass is 32.1. The molecule has 7 aromatic carbocycles. The number of thiophene rings is 2. The van der Waals surface area contributed by atoms with Gasteiger partial charge in [-0.05, 0) is 121 Å². The van der Waals surface area contributed by atoms with Crippen LogP contribution in [0.1, 0.15) is 9.75 Å². The molecule has 0 bridgehead atoms. The molecule has 0 amide bonds. The van der Waals surface area contributed by atoms with E-state index in [1.807, 2.05) is 22.7 Å². The molecule has 0 radical (unpaired) electrons. The lowest BCUT2D eigenvalue weighted by Gasteiger charge is -2.19. The summed E-state index contributed by atoms with van der Waals surface area (Å²) in [4.78, 5) is 5.38. The predicted octanol–water partition coefficient (Wildman–Crippen LogP) is 12.6. The first kappa shape index (κ1) is 23.1. The Labute approximate surface area is 251 Å². The summed E-state index contributed by atoms with van der Waals surface area (Å²) in [5.74, 6) is 0. The molecule has 1 aliphatic carbocycles. The SMILES string of the molecule is Cc1ccc(-c2c3c(c(-c4ccc(C)s4)c4cc5ccccc5cc24)-c2cc4cccc5ccc6ccc-3c2c6c54)s1. The van der Waals surface area contributed by atoms with Crippen LogP contribution in [0.15, 0.2) is 109 Å². The summed E-state index contributed by atoms with van der Waals surface area (Å²) in [5.41, 5.74) is 8.30. The number of hydrogen-bond acceptors (Lipinski definition) is 2. The molecule has 42 heavy (non-hydrogen) atoms. The smallest absolute Gasteiger partial charge is 0.0358 e. The molecule has 1 aliphatic rings. The van der Waals surface area contributed by atoms with E-state index in [0.29, 0.717) is 0 Å². The first-order valence-electron chi connectivity index (χ1n) is 14.5. The number of rotatable bonds is 2. The second-order valence-corrected chi connectivity index (χ2v) is 14.3. The van der Waals surface area contributed by atoms with Crippen molar-refractivity contribution in [3.63, 3.8) is 0 Å². The van der Waals surface area contributed by atoms with Crippen LogP contribution in [0, 0.1) is 13.8 Å². The Bertz CT molecular complexity index is 2590. The van der Waals surface area contributed by atoms with Crippen LogP contribution in [-0.4, -0.2) is 0 Å². The van der Waals surface area contributed by atoms with Gasteiger partial charge in [0.1, 0.15) is 0 Å². The molecule has 0 unspecified atom stereocenters. The van der Waals surface area contributed by atoms with Crippen molar-refractivity contribution in [2.45, 2.75) is 13.8 Å². The molecule has 10 rings (SSSR count). The summed E-state index contributed by atoms with van der Waals surface area (Å²) in [6.45, 7) is 4.45. The molecule has 196 valence electrons. The fourth-order valence-electron chi connectivity index (χ4n) is 7.62. The number of fused-ring (bicyclic) bond motifs is 5. The van der Waals surface area contributed by atoms with Crippen molar-refractivity contribution in [3.8, 4) is 43.1 Å². The van der Waals surface area contributed by atoms with Gasteiger partial charge in [-0.3, -0.25) is 0 Å². The van der Waals surface area contributed by atoms with E-state index in [1.165, 1.54) is 107 Å². The molecule has 0 fully saturated rings. The van der Waals surface area contributed by atoms with E-state index >= 15 is 0 Å². The Kier molecular flexibility index (Phi) is 4.44. The van der Waals surface area contributed by atoms with Gasteiger partial charge in [0.2, 0.25) is 0 Å². The molecule has 2 heterocycles. The maximum Gasteiger partial charge on any atom is 0.0358 e. The van der Waals surface area contributed by atoms with Gasteiger partial charge in [0.15, 0.2) is 0 Å². The minimum atomic E-state index is 1.29. The third-order valence-corrected chi connectivity index (χ3v) is 11.4. The van der Waals surface area contributed by atoms with Crippen molar-refractivity contribution >= 4 is 76.5 Å². The monoisotopic (exact) mass is 568 g/mol. The van der Waals surface area contributed by atoms with E-state index in [-0.39, 0.29) is 0 Å². The fraction of sp³-hybridized carbons (Fsp3) is 0.0500. The Balaban J connectivity index is 1.51. The quantitative estimate of drug-likeness (QED) is 0.144. The van der Waals surface area contributed by atoms with Crippen LogP contribution < -0.4 is 0 Å². The van der Waals surface area contributed by atoms with Crippen LogP contribution in [-0.2, 0) is 0 Å². The molecule has 0 N–H and O–H groups in total. The lowest BCUT2D eigenvalue weighted by molar-refractivity contribution is 1.64. The molecule has 2 heteroatoms. The largest absolute Gasteiger partial charge is 0.141 e. The van der Waals surface area contributed by atoms with Gasteiger partial charge in [-0.2, -0.15) is 0 Å². The Hall–Kier alpha value is -4.50. The third kappa shape index (κ3) is 2.91. The van der Waals surface area contributed by atoms with Crippen molar-refractivity contribution in [2.75, 3.05) is 0 Å². The highest BCUT2D eigenvalue weighted by molar-refractivity contribution is 7.16. The van der Waals surface area contributed by atoms with E-state index in [9.17, 15) is 0 Å². The van der Waals surface area contributed by atoms with Crippen molar-refractivity contribution < 1.29 is 0 Å². The summed E-state index contributed by atoms with van der Waals surface area (Å²) < 4.78 is 0. The predicted molar refractivity (Wildman–Crippen MR) is 186 cm³/mol. The highest BCUT2D eigenvalue weighted by Crippen LogP contribution is 2.60. The van der Waals surface area contributed by atoms with Gasteiger partial charge in [-0.25, -0.2) is 0 Å².